The molecule has 1 aliphatic heterocycles. The molecule has 1 fully saturated rings. The van der Waals surface area contributed by atoms with Crippen LogP contribution in [0.1, 0.15) is 35.7 Å². The zero-order valence-corrected chi connectivity index (χ0v) is 18.5. The first-order chi connectivity index (χ1) is 14.7. The fourth-order valence-corrected chi connectivity index (χ4v) is 5.48. The topological polar surface area (TPSA) is 95.6 Å². The highest BCUT2D eigenvalue weighted by Crippen LogP contribution is 2.29. The molecule has 1 saturated heterocycles. The average molecular weight is 468 g/mol. The van der Waals surface area contributed by atoms with Crippen molar-refractivity contribution in [3.8, 4) is 0 Å². The van der Waals surface area contributed by atoms with Crippen molar-refractivity contribution in [2.24, 2.45) is 5.92 Å². The van der Waals surface area contributed by atoms with Gasteiger partial charge in [-0.3, -0.25) is 20.4 Å². The summed E-state index contributed by atoms with van der Waals surface area (Å²) in [5.74, 6) is -1.37. The third-order valence-corrected chi connectivity index (χ3v) is 7.37. The molecule has 0 radical (unpaired) electrons. The Hall–Kier alpha value is -2.49. The highest BCUT2D eigenvalue weighted by atomic mass is 35.5. The van der Waals surface area contributed by atoms with Gasteiger partial charge in [0.25, 0.3) is 5.91 Å². The molecule has 10 heteroatoms. The molecule has 3 rings (SSSR count). The van der Waals surface area contributed by atoms with Crippen molar-refractivity contribution >= 4 is 33.4 Å². The molecule has 2 aromatic rings. The molecule has 2 N–H and O–H groups in total. The molecular formula is C21H23ClFN3O4S. The lowest BCUT2D eigenvalue weighted by Crippen LogP contribution is -2.42. The summed E-state index contributed by atoms with van der Waals surface area (Å²) in [5.41, 5.74) is 5.12. The maximum absolute atomic E-state index is 13.0. The Morgan fingerprint density at radius 1 is 1.16 bits per heavy atom. The largest absolute Gasteiger partial charge is 0.273 e. The summed E-state index contributed by atoms with van der Waals surface area (Å²) >= 11 is 6.14. The lowest BCUT2D eigenvalue weighted by atomic mass is 10.0. The second-order valence-electron chi connectivity index (χ2n) is 7.56. The molecule has 7 nitrogen and oxygen atoms in total. The van der Waals surface area contributed by atoms with Crippen molar-refractivity contribution < 1.29 is 22.4 Å². The number of hydrogen-bond donors (Lipinski definition) is 2. The molecule has 1 atom stereocenters. The number of amides is 2. The van der Waals surface area contributed by atoms with Gasteiger partial charge in [0.15, 0.2) is 0 Å². The van der Waals surface area contributed by atoms with Gasteiger partial charge in [-0.25, -0.2) is 12.8 Å². The van der Waals surface area contributed by atoms with Crippen LogP contribution >= 0.6 is 11.6 Å². The number of nitrogens with one attached hydrogen (secondary N) is 2. The van der Waals surface area contributed by atoms with Gasteiger partial charge in [-0.2, -0.15) is 4.31 Å². The van der Waals surface area contributed by atoms with Gasteiger partial charge in [-0.05, 0) is 54.7 Å². The van der Waals surface area contributed by atoms with Crippen LogP contribution in [0.15, 0.2) is 47.4 Å². The number of piperidine rings is 1. The summed E-state index contributed by atoms with van der Waals surface area (Å²) in [6, 6.07) is 9.33. The van der Waals surface area contributed by atoms with Crippen LogP contribution in [-0.2, 0) is 21.2 Å². The number of hydrazine groups is 1. The maximum Gasteiger partial charge on any atom is 0.269 e. The molecule has 1 heterocycles. The summed E-state index contributed by atoms with van der Waals surface area (Å²) in [7, 11) is -3.85. The number of carbonyl (C=O) groups is 2. The van der Waals surface area contributed by atoms with Crippen LogP contribution in [0.3, 0.4) is 0 Å². The molecule has 0 bridgehead atoms. The van der Waals surface area contributed by atoms with Crippen LogP contribution < -0.4 is 10.9 Å². The minimum absolute atomic E-state index is 0.0233. The quantitative estimate of drug-likeness (QED) is 0.661. The van der Waals surface area contributed by atoms with E-state index in [9.17, 15) is 22.4 Å². The van der Waals surface area contributed by atoms with Crippen molar-refractivity contribution in [3.05, 3.63) is 64.4 Å². The molecule has 1 unspecified atom stereocenters. The molecular weight excluding hydrogens is 445 g/mol. The fraction of sp³-hybridized carbons (Fsp3) is 0.333. The van der Waals surface area contributed by atoms with E-state index in [1.165, 1.54) is 46.8 Å². The second kappa shape index (κ2) is 9.76. The Morgan fingerprint density at radius 2 is 1.87 bits per heavy atom. The Balaban J connectivity index is 1.68. The predicted molar refractivity (Wildman–Crippen MR) is 114 cm³/mol. The summed E-state index contributed by atoms with van der Waals surface area (Å²) in [6.45, 7) is 2.79. The minimum atomic E-state index is -3.85. The third-order valence-electron chi connectivity index (χ3n) is 5.02. The van der Waals surface area contributed by atoms with Crippen LogP contribution in [0.2, 0.25) is 5.02 Å². The average Bonchev–Trinajstić information content (AvgIpc) is 2.74. The summed E-state index contributed by atoms with van der Waals surface area (Å²) in [6.07, 6.45) is 1.66. The van der Waals surface area contributed by atoms with E-state index in [1.54, 1.807) is 0 Å². The highest BCUT2D eigenvalue weighted by molar-refractivity contribution is 7.89. The SMILES string of the molecule is CC1CCCN(S(=O)(=O)c2cc(C(=O)NNC(=O)Cc3ccc(F)cc3)ccc2Cl)C1. The van der Waals surface area contributed by atoms with Gasteiger partial charge in [0.1, 0.15) is 10.7 Å². The number of carbonyl (C=O) groups excluding carboxylic acids is 2. The Kier molecular flexibility index (Phi) is 7.30. The van der Waals surface area contributed by atoms with E-state index in [0.29, 0.717) is 18.7 Å². The third kappa shape index (κ3) is 5.81. The lowest BCUT2D eigenvalue weighted by molar-refractivity contribution is -0.121. The van der Waals surface area contributed by atoms with Crippen LogP contribution in [0.4, 0.5) is 4.39 Å². The predicted octanol–water partition coefficient (Wildman–Crippen LogP) is 2.90. The highest BCUT2D eigenvalue weighted by Gasteiger charge is 2.31. The molecule has 0 spiro atoms. The Morgan fingerprint density at radius 3 is 2.55 bits per heavy atom. The molecule has 2 amide bonds. The standard InChI is InChI=1S/C21H23ClFN3O4S/c1-14-3-2-10-26(13-14)31(29,30)19-12-16(6-9-18(19)22)21(28)25-24-20(27)11-15-4-7-17(23)8-5-15/h4-9,12,14H,2-3,10-11,13H2,1H3,(H,24,27)(H,25,28). The lowest BCUT2D eigenvalue weighted by Gasteiger charge is -2.30. The van der Waals surface area contributed by atoms with Gasteiger partial charge in [0.05, 0.1) is 11.4 Å². The van der Waals surface area contributed by atoms with Gasteiger partial charge in [-0.1, -0.05) is 30.7 Å². The van der Waals surface area contributed by atoms with Gasteiger partial charge in [0.2, 0.25) is 15.9 Å². The smallest absolute Gasteiger partial charge is 0.269 e. The van der Waals surface area contributed by atoms with Crippen LogP contribution in [-0.4, -0.2) is 37.6 Å². The van der Waals surface area contributed by atoms with E-state index in [0.717, 1.165) is 12.8 Å². The van der Waals surface area contributed by atoms with Gasteiger partial charge >= 0.3 is 0 Å². The van der Waals surface area contributed by atoms with Crippen molar-refractivity contribution in [1.82, 2.24) is 15.2 Å². The van der Waals surface area contributed by atoms with E-state index in [1.807, 2.05) is 6.92 Å². The summed E-state index contributed by atoms with van der Waals surface area (Å²) in [4.78, 5) is 24.3. The first kappa shape index (κ1) is 23.2. The van der Waals surface area contributed by atoms with Gasteiger partial charge < -0.3 is 0 Å². The molecule has 0 aromatic heterocycles. The van der Waals surface area contributed by atoms with E-state index >= 15 is 0 Å². The van der Waals surface area contributed by atoms with E-state index < -0.39 is 27.7 Å². The van der Waals surface area contributed by atoms with E-state index in [-0.39, 0.29) is 27.8 Å². The zero-order chi connectivity index (χ0) is 22.6. The molecule has 0 aliphatic carbocycles. The van der Waals surface area contributed by atoms with Crippen LogP contribution in [0.25, 0.3) is 0 Å². The second-order valence-corrected chi connectivity index (χ2v) is 9.87. The maximum atomic E-state index is 13.0. The normalized spacial score (nSPS) is 17.2. The number of hydrogen-bond acceptors (Lipinski definition) is 4. The first-order valence-corrected chi connectivity index (χ1v) is 11.6. The Bertz CT molecular complexity index is 1080. The molecule has 1 aliphatic rings. The summed E-state index contributed by atoms with van der Waals surface area (Å²) < 4.78 is 40.4. The van der Waals surface area contributed by atoms with Crippen molar-refractivity contribution in [2.75, 3.05) is 13.1 Å². The van der Waals surface area contributed by atoms with Crippen molar-refractivity contribution in [1.29, 1.82) is 0 Å². The number of benzene rings is 2. The fourth-order valence-electron chi connectivity index (χ4n) is 3.38. The number of nitrogens with zero attached hydrogens (tertiary/aromatic N) is 1. The summed E-state index contributed by atoms with van der Waals surface area (Å²) in [5, 5.41) is 0.0233. The van der Waals surface area contributed by atoms with Crippen LogP contribution in [0, 0.1) is 11.7 Å². The minimum Gasteiger partial charge on any atom is -0.273 e. The molecule has 166 valence electrons. The molecule has 2 aromatic carbocycles. The van der Waals surface area contributed by atoms with Crippen LogP contribution in [0.5, 0.6) is 0 Å². The molecule has 31 heavy (non-hydrogen) atoms. The number of halogens is 2. The van der Waals surface area contributed by atoms with E-state index in [2.05, 4.69) is 10.9 Å². The first-order valence-electron chi connectivity index (χ1n) is 9.80. The van der Waals surface area contributed by atoms with E-state index in [4.69, 9.17) is 11.6 Å². The van der Waals surface area contributed by atoms with Gasteiger partial charge in [0, 0.05) is 18.7 Å². The number of rotatable bonds is 5. The Labute approximate surface area is 185 Å². The van der Waals surface area contributed by atoms with Crippen molar-refractivity contribution in [3.63, 3.8) is 0 Å². The number of sulfonamides is 1. The van der Waals surface area contributed by atoms with Gasteiger partial charge in [-0.15, -0.1) is 0 Å². The monoisotopic (exact) mass is 467 g/mol. The zero-order valence-electron chi connectivity index (χ0n) is 16.9. The molecule has 0 saturated carbocycles. The van der Waals surface area contributed by atoms with Crippen molar-refractivity contribution in [2.45, 2.75) is 31.1 Å².